The van der Waals surface area contributed by atoms with Gasteiger partial charge in [-0.15, -0.1) is 5.10 Å². The average molecular weight is 287 g/mol. The maximum Gasteiger partial charge on any atom is 0.244 e. The van der Waals surface area contributed by atoms with Crippen molar-refractivity contribution in [1.82, 2.24) is 15.2 Å². The number of nitrogens with one attached hydrogen (secondary N) is 1. The summed E-state index contributed by atoms with van der Waals surface area (Å²) in [5, 5.41) is 11.1. The van der Waals surface area contributed by atoms with Crippen LogP contribution in [0.5, 0.6) is 0 Å². The van der Waals surface area contributed by atoms with Crippen molar-refractivity contribution in [2.45, 2.75) is 13.0 Å². The predicted octanol–water partition coefficient (Wildman–Crippen LogP) is 1.96. The lowest BCUT2D eigenvalue weighted by molar-refractivity contribution is 0.197. The van der Waals surface area contributed by atoms with Gasteiger partial charge in [0.2, 0.25) is 5.95 Å². The second kappa shape index (κ2) is 8.16. The number of ether oxygens (including phenoxy) is 1. The van der Waals surface area contributed by atoms with Gasteiger partial charge in [0, 0.05) is 33.9 Å². The zero-order chi connectivity index (χ0) is 14.9. The second-order valence-electron chi connectivity index (χ2n) is 4.75. The van der Waals surface area contributed by atoms with Crippen LogP contribution in [0.1, 0.15) is 12.0 Å². The molecule has 1 aromatic carbocycles. The normalized spacial score (nSPS) is 10.4. The van der Waals surface area contributed by atoms with Crippen LogP contribution in [-0.2, 0) is 11.3 Å². The Labute approximate surface area is 125 Å². The van der Waals surface area contributed by atoms with E-state index in [9.17, 15) is 0 Å². The summed E-state index contributed by atoms with van der Waals surface area (Å²) in [5.74, 6) is 1.34. The number of nitrogens with zero attached hydrogens (tertiary/aromatic N) is 4. The molecule has 21 heavy (non-hydrogen) atoms. The van der Waals surface area contributed by atoms with Gasteiger partial charge in [0.1, 0.15) is 0 Å². The van der Waals surface area contributed by atoms with Crippen molar-refractivity contribution in [3.8, 4) is 0 Å². The van der Waals surface area contributed by atoms with Gasteiger partial charge in [0.05, 0.1) is 6.20 Å². The molecule has 2 rings (SSSR count). The van der Waals surface area contributed by atoms with Crippen LogP contribution >= 0.6 is 0 Å². The maximum absolute atomic E-state index is 5.00. The molecule has 0 saturated carbocycles. The average Bonchev–Trinajstić information content (AvgIpc) is 2.53. The number of rotatable bonds is 8. The first-order valence-corrected chi connectivity index (χ1v) is 6.97. The van der Waals surface area contributed by atoms with Crippen molar-refractivity contribution in [2.75, 3.05) is 37.5 Å². The van der Waals surface area contributed by atoms with E-state index in [0.29, 0.717) is 12.6 Å². The molecular formula is C15H21N5O. The van der Waals surface area contributed by atoms with Crippen LogP contribution in [0.15, 0.2) is 36.5 Å². The molecule has 0 aliphatic heterocycles. The summed E-state index contributed by atoms with van der Waals surface area (Å²) in [7, 11) is 3.68. The van der Waals surface area contributed by atoms with Gasteiger partial charge in [-0.3, -0.25) is 0 Å². The van der Waals surface area contributed by atoms with Crippen molar-refractivity contribution in [1.29, 1.82) is 0 Å². The van der Waals surface area contributed by atoms with Gasteiger partial charge in [-0.05, 0) is 12.0 Å². The zero-order valence-corrected chi connectivity index (χ0v) is 12.5. The Bertz CT molecular complexity index is 535. The highest BCUT2D eigenvalue weighted by molar-refractivity contribution is 5.40. The SMILES string of the molecule is COCCCNc1nncc(N(C)Cc2ccccc2)n1. The standard InChI is InChI=1S/C15H21N5O/c1-20(12-13-7-4-3-5-8-13)14-11-17-19-15(18-14)16-9-6-10-21-2/h3-5,7-8,11H,6,9-10,12H2,1-2H3,(H,16,18,19). The Morgan fingerprint density at radius 1 is 1.24 bits per heavy atom. The van der Waals surface area contributed by atoms with Crippen LogP contribution in [0.2, 0.25) is 0 Å². The van der Waals surface area contributed by atoms with Crippen LogP contribution in [0, 0.1) is 0 Å². The van der Waals surface area contributed by atoms with E-state index in [4.69, 9.17) is 4.74 Å². The van der Waals surface area contributed by atoms with Gasteiger partial charge >= 0.3 is 0 Å². The number of anilines is 2. The Hall–Kier alpha value is -2.21. The first-order chi connectivity index (χ1) is 10.3. The molecule has 0 saturated heterocycles. The minimum atomic E-state index is 0.545. The summed E-state index contributed by atoms with van der Waals surface area (Å²) in [4.78, 5) is 6.51. The molecule has 0 aliphatic rings. The third-order valence-electron chi connectivity index (χ3n) is 3.01. The number of hydrogen-bond donors (Lipinski definition) is 1. The number of hydrogen-bond acceptors (Lipinski definition) is 6. The van der Waals surface area contributed by atoms with Gasteiger partial charge in [-0.1, -0.05) is 30.3 Å². The Morgan fingerprint density at radius 2 is 2.05 bits per heavy atom. The number of methoxy groups -OCH3 is 1. The fraction of sp³-hybridized carbons (Fsp3) is 0.400. The second-order valence-corrected chi connectivity index (χ2v) is 4.75. The molecule has 0 fully saturated rings. The van der Waals surface area contributed by atoms with Crippen molar-refractivity contribution < 1.29 is 4.74 Å². The van der Waals surface area contributed by atoms with E-state index in [1.165, 1.54) is 5.56 Å². The molecule has 6 heteroatoms. The van der Waals surface area contributed by atoms with Crippen molar-refractivity contribution >= 4 is 11.8 Å². The van der Waals surface area contributed by atoms with Crippen molar-refractivity contribution in [3.63, 3.8) is 0 Å². The summed E-state index contributed by atoms with van der Waals surface area (Å²) < 4.78 is 5.00. The van der Waals surface area contributed by atoms with Gasteiger partial charge in [0.15, 0.2) is 5.82 Å². The fourth-order valence-electron chi connectivity index (χ4n) is 1.91. The van der Waals surface area contributed by atoms with Crippen molar-refractivity contribution in [2.24, 2.45) is 0 Å². The van der Waals surface area contributed by atoms with Crippen LogP contribution in [-0.4, -0.2) is 42.5 Å². The quantitative estimate of drug-likeness (QED) is 0.749. The van der Waals surface area contributed by atoms with E-state index in [0.717, 1.165) is 25.3 Å². The molecule has 0 atom stereocenters. The van der Waals surface area contributed by atoms with Crippen molar-refractivity contribution in [3.05, 3.63) is 42.1 Å². The van der Waals surface area contributed by atoms with Crippen LogP contribution in [0.4, 0.5) is 11.8 Å². The fourth-order valence-corrected chi connectivity index (χ4v) is 1.91. The first kappa shape index (κ1) is 15.2. The highest BCUT2D eigenvalue weighted by Gasteiger charge is 2.06. The molecular weight excluding hydrogens is 266 g/mol. The molecule has 0 radical (unpaired) electrons. The zero-order valence-electron chi connectivity index (χ0n) is 12.5. The summed E-state index contributed by atoms with van der Waals surface area (Å²) in [6.07, 6.45) is 2.58. The maximum atomic E-state index is 5.00. The molecule has 0 spiro atoms. The van der Waals surface area contributed by atoms with Gasteiger partial charge in [-0.2, -0.15) is 10.1 Å². The predicted molar refractivity (Wildman–Crippen MR) is 83.4 cm³/mol. The third kappa shape index (κ3) is 5.00. The monoisotopic (exact) mass is 287 g/mol. The van der Waals surface area contributed by atoms with E-state index >= 15 is 0 Å². The number of benzene rings is 1. The Kier molecular flexibility index (Phi) is 5.90. The smallest absolute Gasteiger partial charge is 0.244 e. The molecule has 2 aromatic rings. The minimum Gasteiger partial charge on any atom is -0.385 e. The summed E-state index contributed by atoms with van der Waals surface area (Å²) in [6.45, 7) is 2.26. The van der Waals surface area contributed by atoms with E-state index in [1.807, 2.05) is 30.1 Å². The van der Waals surface area contributed by atoms with E-state index in [2.05, 4.69) is 32.6 Å². The summed E-state index contributed by atoms with van der Waals surface area (Å²) in [5.41, 5.74) is 1.23. The van der Waals surface area contributed by atoms with Gasteiger partial charge in [0.25, 0.3) is 0 Å². The molecule has 0 bridgehead atoms. The highest BCUT2D eigenvalue weighted by atomic mass is 16.5. The Morgan fingerprint density at radius 3 is 2.81 bits per heavy atom. The van der Waals surface area contributed by atoms with Crippen LogP contribution < -0.4 is 10.2 Å². The van der Waals surface area contributed by atoms with Crippen LogP contribution in [0.25, 0.3) is 0 Å². The van der Waals surface area contributed by atoms with E-state index in [-0.39, 0.29) is 0 Å². The summed E-state index contributed by atoms with van der Waals surface area (Å²) in [6, 6.07) is 10.3. The molecule has 1 heterocycles. The minimum absolute atomic E-state index is 0.545. The van der Waals surface area contributed by atoms with Gasteiger partial charge in [-0.25, -0.2) is 0 Å². The van der Waals surface area contributed by atoms with Crippen LogP contribution in [0.3, 0.4) is 0 Å². The third-order valence-corrected chi connectivity index (χ3v) is 3.01. The lowest BCUT2D eigenvalue weighted by Crippen LogP contribution is -2.19. The molecule has 1 N–H and O–H groups in total. The topological polar surface area (TPSA) is 63.2 Å². The van der Waals surface area contributed by atoms with Gasteiger partial charge < -0.3 is 15.0 Å². The van der Waals surface area contributed by atoms with E-state index in [1.54, 1.807) is 13.3 Å². The first-order valence-electron chi connectivity index (χ1n) is 6.97. The highest BCUT2D eigenvalue weighted by Crippen LogP contribution is 2.12. The number of aromatic nitrogens is 3. The van der Waals surface area contributed by atoms with E-state index < -0.39 is 0 Å². The largest absolute Gasteiger partial charge is 0.385 e. The lowest BCUT2D eigenvalue weighted by Gasteiger charge is -2.18. The molecule has 0 amide bonds. The molecule has 1 aromatic heterocycles. The Balaban J connectivity index is 1.93. The summed E-state index contributed by atoms with van der Waals surface area (Å²) >= 11 is 0. The molecule has 6 nitrogen and oxygen atoms in total. The molecule has 0 unspecified atom stereocenters. The molecule has 112 valence electrons. The molecule has 0 aliphatic carbocycles. The lowest BCUT2D eigenvalue weighted by atomic mass is 10.2.